The van der Waals surface area contributed by atoms with Gasteiger partial charge in [0.15, 0.2) is 11.5 Å². The molecule has 0 bridgehead atoms. The number of aliphatic imine (C=N–C) groups is 1. The summed E-state index contributed by atoms with van der Waals surface area (Å²) < 4.78 is 12.1. The lowest BCUT2D eigenvalue weighted by Gasteiger charge is -2.24. The average Bonchev–Trinajstić information content (AvgIpc) is 2.83. The minimum atomic E-state index is 0.518. The number of methoxy groups -OCH3 is 1. The third-order valence-electron chi connectivity index (χ3n) is 5.63. The molecule has 32 heavy (non-hydrogen) atoms. The SMILES string of the molecule is CCCc1c2c(cc(OC)c1OCc1ccccc1)C(C=Cc1ccc(Cl)cc1)=NCC2. The normalized spacial score (nSPS) is 13.0. The van der Waals surface area contributed by atoms with Crippen molar-refractivity contribution in [1.29, 1.82) is 0 Å². The molecule has 0 fully saturated rings. The van der Waals surface area contributed by atoms with Crippen molar-refractivity contribution >= 4 is 23.4 Å². The molecule has 4 rings (SSSR count). The number of allylic oxidation sites excluding steroid dienone is 1. The molecular weight excluding hydrogens is 418 g/mol. The molecule has 0 radical (unpaired) electrons. The molecular formula is C28H28ClNO2. The number of fused-ring (bicyclic) bond motifs is 1. The highest BCUT2D eigenvalue weighted by molar-refractivity contribution is 6.30. The van der Waals surface area contributed by atoms with Crippen LogP contribution in [0.5, 0.6) is 11.5 Å². The monoisotopic (exact) mass is 445 g/mol. The van der Waals surface area contributed by atoms with Crippen LogP contribution in [-0.2, 0) is 19.4 Å². The van der Waals surface area contributed by atoms with E-state index < -0.39 is 0 Å². The number of halogens is 1. The van der Waals surface area contributed by atoms with Crippen LogP contribution in [0.4, 0.5) is 0 Å². The lowest BCUT2D eigenvalue weighted by atomic mass is 9.89. The predicted molar refractivity (Wildman–Crippen MR) is 133 cm³/mol. The Morgan fingerprint density at radius 2 is 1.81 bits per heavy atom. The first kappa shape index (κ1) is 22.2. The Hall–Kier alpha value is -3.04. The van der Waals surface area contributed by atoms with Gasteiger partial charge >= 0.3 is 0 Å². The van der Waals surface area contributed by atoms with Crippen LogP contribution in [0.25, 0.3) is 6.08 Å². The van der Waals surface area contributed by atoms with E-state index in [4.69, 9.17) is 26.1 Å². The molecule has 4 heteroatoms. The Balaban J connectivity index is 1.69. The van der Waals surface area contributed by atoms with E-state index in [-0.39, 0.29) is 0 Å². The Bertz CT molecular complexity index is 1120. The summed E-state index contributed by atoms with van der Waals surface area (Å²) in [4.78, 5) is 4.81. The fourth-order valence-electron chi connectivity index (χ4n) is 4.07. The van der Waals surface area contributed by atoms with Gasteiger partial charge in [-0.3, -0.25) is 4.99 Å². The highest BCUT2D eigenvalue weighted by Crippen LogP contribution is 2.39. The van der Waals surface area contributed by atoms with Crippen LogP contribution in [0.3, 0.4) is 0 Å². The van der Waals surface area contributed by atoms with Crippen LogP contribution in [-0.4, -0.2) is 19.4 Å². The molecule has 0 spiro atoms. The predicted octanol–water partition coefficient (Wildman–Crippen LogP) is 6.94. The first-order valence-corrected chi connectivity index (χ1v) is 11.4. The number of benzene rings is 3. The molecule has 0 aliphatic carbocycles. The second-order valence-corrected chi connectivity index (χ2v) is 8.28. The minimum absolute atomic E-state index is 0.518. The average molecular weight is 446 g/mol. The topological polar surface area (TPSA) is 30.8 Å². The van der Waals surface area contributed by atoms with Gasteiger partial charge in [-0.2, -0.15) is 0 Å². The highest BCUT2D eigenvalue weighted by Gasteiger charge is 2.23. The van der Waals surface area contributed by atoms with Gasteiger partial charge in [0.1, 0.15) is 6.61 Å². The number of rotatable bonds is 8. The zero-order chi connectivity index (χ0) is 22.3. The van der Waals surface area contributed by atoms with E-state index >= 15 is 0 Å². The summed E-state index contributed by atoms with van der Waals surface area (Å²) in [6.45, 7) is 3.49. The van der Waals surface area contributed by atoms with Crippen LogP contribution in [0, 0.1) is 0 Å². The number of ether oxygens (including phenoxy) is 2. The van der Waals surface area contributed by atoms with Gasteiger partial charge in [0.2, 0.25) is 0 Å². The third kappa shape index (κ3) is 5.05. The van der Waals surface area contributed by atoms with Gasteiger partial charge in [-0.15, -0.1) is 0 Å². The van der Waals surface area contributed by atoms with E-state index in [1.54, 1.807) is 7.11 Å². The molecule has 3 aromatic carbocycles. The van der Waals surface area contributed by atoms with Gasteiger partial charge < -0.3 is 9.47 Å². The van der Waals surface area contributed by atoms with Crippen molar-refractivity contribution in [3.8, 4) is 11.5 Å². The van der Waals surface area contributed by atoms with E-state index in [0.29, 0.717) is 6.61 Å². The summed E-state index contributed by atoms with van der Waals surface area (Å²) in [5.74, 6) is 1.62. The molecule has 0 aromatic heterocycles. The smallest absolute Gasteiger partial charge is 0.165 e. The Labute approximate surface area is 195 Å². The summed E-state index contributed by atoms with van der Waals surface area (Å²) >= 11 is 6.01. The van der Waals surface area contributed by atoms with E-state index in [9.17, 15) is 0 Å². The quantitative estimate of drug-likeness (QED) is 0.376. The number of nitrogens with zero attached hydrogens (tertiary/aromatic N) is 1. The summed E-state index contributed by atoms with van der Waals surface area (Å²) in [5.41, 5.74) is 6.91. The molecule has 1 aliphatic heterocycles. The van der Waals surface area contributed by atoms with Gasteiger partial charge in [-0.25, -0.2) is 0 Å². The Morgan fingerprint density at radius 1 is 1.03 bits per heavy atom. The zero-order valence-corrected chi connectivity index (χ0v) is 19.4. The van der Waals surface area contributed by atoms with Crippen LogP contribution in [0.2, 0.25) is 5.02 Å². The first-order valence-electron chi connectivity index (χ1n) is 11.1. The number of hydrogen-bond donors (Lipinski definition) is 0. The van der Waals surface area contributed by atoms with Crippen molar-refractivity contribution in [2.45, 2.75) is 32.8 Å². The van der Waals surface area contributed by atoms with Gasteiger partial charge in [0.05, 0.1) is 12.8 Å². The van der Waals surface area contributed by atoms with Crippen molar-refractivity contribution < 1.29 is 9.47 Å². The maximum absolute atomic E-state index is 6.34. The van der Waals surface area contributed by atoms with E-state index in [1.807, 2.05) is 42.5 Å². The van der Waals surface area contributed by atoms with Gasteiger partial charge in [0.25, 0.3) is 0 Å². The van der Waals surface area contributed by atoms with Gasteiger partial charge in [0, 0.05) is 22.7 Å². The Kier molecular flexibility index (Phi) is 7.28. The van der Waals surface area contributed by atoms with E-state index in [2.05, 4.69) is 37.3 Å². The van der Waals surface area contributed by atoms with Crippen LogP contribution in [0.1, 0.15) is 41.2 Å². The number of hydrogen-bond acceptors (Lipinski definition) is 3. The third-order valence-corrected chi connectivity index (χ3v) is 5.88. The lowest BCUT2D eigenvalue weighted by molar-refractivity contribution is 0.280. The summed E-state index contributed by atoms with van der Waals surface area (Å²) in [6, 6.07) is 20.1. The van der Waals surface area contributed by atoms with Crippen molar-refractivity contribution in [2.24, 2.45) is 4.99 Å². The van der Waals surface area contributed by atoms with E-state index in [1.165, 1.54) is 11.1 Å². The molecule has 3 nitrogen and oxygen atoms in total. The fourth-order valence-corrected chi connectivity index (χ4v) is 4.19. The summed E-state index contributed by atoms with van der Waals surface area (Å²) in [6.07, 6.45) is 7.05. The van der Waals surface area contributed by atoms with Crippen LogP contribution in [0.15, 0.2) is 71.7 Å². The van der Waals surface area contributed by atoms with Crippen molar-refractivity contribution in [1.82, 2.24) is 0 Å². The molecule has 3 aromatic rings. The zero-order valence-electron chi connectivity index (χ0n) is 18.6. The molecule has 0 saturated heterocycles. The standard InChI is InChI=1S/C28H28ClNO2/c1-3-7-24-23-16-17-30-26(15-12-20-10-13-22(29)14-11-20)25(23)18-27(31-2)28(24)32-19-21-8-5-4-6-9-21/h4-6,8-15,18H,3,7,16-17,19H2,1-2H3. The highest BCUT2D eigenvalue weighted by atomic mass is 35.5. The van der Waals surface area contributed by atoms with Gasteiger partial charge in [-0.05, 0) is 53.8 Å². The fraction of sp³-hybridized carbons (Fsp3) is 0.250. The summed E-state index contributed by atoms with van der Waals surface area (Å²) in [5, 5.41) is 0.736. The molecule has 0 saturated carbocycles. The second kappa shape index (κ2) is 10.5. The molecule has 1 heterocycles. The van der Waals surface area contributed by atoms with Crippen LogP contribution >= 0.6 is 11.6 Å². The molecule has 1 aliphatic rings. The largest absolute Gasteiger partial charge is 0.493 e. The van der Waals surface area contributed by atoms with Gasteiger partial charge in [-0.1, -0.05) is 73.5 Å². The lowest BCUT2D eigenvalue weighted by Crippen LogP contribution is -2.15. The molecule has 0 N–H and O–H groups in total. The maximum Gasteiger partial charge on any atom is 0.165 e. The van der Waals surface area contributed by atoms with E-state index in [0.717, 1.165) is 64.7 Å². The Morgan fingerprint density at radius 3 is 2.53 bits per heavy atom. The minimum Gasteiger partial charge on any atom is -0.493 e. The molecule has 164 valence electrons. The first-order chi connectivity index (χ1) is 15.7. The maximum atomic E-state index is 6.34. The van der Waals surface area contributed by atoms with Crippen molar-refractivity contribution in [2.75, 3.05) is 13.7 Å². The molecule has 0 amide bonds. The second-order valence-electron chi connectivity index (χ2n) is 7.84. The van der Waals surface area contributed by atoms with Crippen molar-refractivity contribution in [3.63, 3.8) is 0 Å². The van der Waals surface area contributed by atoms with Crippen molar-refractivity contribution in [3.05, 3.63) is 99.6 Å². The molecule has 0 atom stereocenters. The van der Waals surface area contributed by atoms with Crippen LogP contribution < -0.4 is 9.47 Å². The summed E-state index contributed by atoms with van der Waals surface area (Å²) in [7, 11) is 1.70. The molecule has 0 unspecified atom stereocenters.